The van der Waals surface area contributed by atoms with Crippen molar-refractivity contribution in [1.29, 1.82) is 0 Å². The molecular formula is C10H13ClO. The summed E-state index contributed by atoms with van der Waals surface area (Å²) in [4.78, 5) is 8.57. The molecule has 0 fully saturated rings. The minimum Gasteiger partial charge on any atom is -0.285 e. The Morgan fingerprint density at radius 2 is 1.17 bits per heavy atom. The fraction of sp³-hybridized carbons (Fsp3) is 0.300. The highest BCUT2D eigenvalue weighted by atomic mass is 35.5. The van der Waals surface area contributed by atoms with Gasteiger partial charge in [-0.2, -0.15) is 0 Å². The van der Waals surface area contributed by atoms with Gasteiger partial charge in [0.15, 0.2) is 0 Å². The lowest BCUT2D eigenvalue weighted by atomic mass is 10.1. The van der Waals surface area contributed by atoms with Crippen molar-refractivity contribution in [3.63, 3.8) is 0 Å². The lowest BCUT2D eigenvalue weighted by Crippen LogP contribution is -1.78. The normalized spacial score (nSPS) is 8.33. The molecule has 0 amide bonds. The minimum atomic E-state index is 0.222. The summed E-state index contributed by atoms with van der Waals surface area (Å²) in [5.41, 5.74) is 4.06. The Hall–Kier alpha value is -0.820. The first-order valence-corrected chi connectivity index (χ1v) is 4.12. The maximum Gasteiger partial charge on any atom is 0.208 e. The molecule has 0 aliphatic carbocycles. The SMILES string of the molecule is Cc1cc(C)cc(C)c1.O=CCl. The molecule has 0 atom stereocenters. The van der Waals surface area contributed by atoms with E-state index >= 15 is 0 Å². The smallest absolute Gasteiger partial charge is 0.208 e. The number of halogens is 1. The number of rotatable bonds is 0. The van der Waals surface area contributed by atoms with E-state index in [1.807, 2.05) is 0 Å². The summed E-state index contributed by atoms with van der Waals surface area (Å²) in [5.74, 6) is 0.222. The molecule has 0 radical (unpaired) electrons. The third-order valence-corrected chi connectivity index (χ3v) is 1.37. The first-order valence-electron chi connectivity index (χ1n) is 3.69. The maximum atomic E-state index is 8.57. The molecule has 1 nitrogen and oxygen atoms in total. The van der Waals surface area contributed by atoms with Gasteiger partial charge in [0.05, 0.1) is 0 Å². The summed E-state index contributed by atoms with van der Waals surface area (Å²) >= 11 is 4.32. The third-order valence-electron chi connectivity index (χ3n) is 1.37. The van der Waals surface area contributed by atoms with Crippen molar-refractivity contribution in [2.24, 2.45) is 0 Å². The predicted octanol–water partition coefficient (Wildman–Crippen LogP) is 3.03. The van der Waals surface area contributed by atoms with Gasteiger partial charge in [0.25, 0.3) is 0 Å². The highest BCUT2D eigenvalue weighted by molar-refractivity contribution is 6.54. The second-order valence-electron chi connectivity index (χ2n) is 2.75. The molecule has 12 heavy (non-hydrogen) atoms. The standard InChI is InChI=1S/C9H12.CHClO/c1-7-4-8(2)6-9(3)5-7;2-1-3/h4-6H,1-3H3;1H. The van der Waals surface area contributed by atoms with Crippen LogP contribution in [0.5, 0.6) is 0 Å². The number of carbonyl (C=O) groups is 1. The minimum absolute atomic E-state index is 0.222. The summed E-state index contributed by atoms with van der Waals surface area (Å²) in [7, 11) is 0. The van der Waals surface area contributed by atoms with E-state index in [0.717, 1.165) is 0 Å². The molecule has 0 N–H and O–H groups in total. The first kappa shape index (κ1) is 11.2. The van der Waals surface area contributed by atoms with Crippen molar-refractivity contribution in [2.75, 3.05) is 0 Å². The average molecular weight is 185 g/mol. The Morgan fingerprint density at radius 3 is 1.33 bits per heavy atom. The number of carbonyl (C=O) groups excluding carboxylic acids is 1. The van der Waals surface area contributed by atoms with E-state index in [4.69, 9.17) is 4.79 Å². The van der Waals surface area contributed by atoms with Crippen molar-refractivity contribution in [3.8, 4) is 0 Å². The zero-order valence-electron chi connectivity index (χ0n) is 7.60. The van der Waals surface area contributed by atoms with Crippen LogP contribution in [0.25, 0.3) is 0 Å². The summed E-state index contributed by atoms with van der Waals surface area (Å²) < 4.78 is 0. The second-order valence-corrected chi connectivity index (χ2v) is 2.93. The number of hydrogen-bond donors (Lipinski definition) is 0. The average Bonchev–Trinajstić information content (AvgIpc) is 1.84. The van der Waals surface area contributed by atoms with Gasteiger partial charge in [0.1, 0.15) is 0 Å². The molecule has 2 heteroatoms. The van der Waals surface area contributed by atoms with Gasteiger partial charge in [-0.3, -0.25) is 4.79 Å². The van der Waals surface area contributed by atoms with Crippen LogP contribution in [0, 0.1) is 20.8 Å². The van der Waals surface area contributed by atoms with Crippen LogP contribution in [0.2, 0.25) is 0 Å². The van der Waals surface area contributed by atoms with Gasteiger partial charge in [-0.25, -0.2) is 0 Å². The van der Waals surface area contributed by atoms with Crippen LogP contribution < -0.4 is 0 Å². The third kappa shape index (κ3) is 4.91. The van der Waals surface area contributed by atoms with Crippen molar-refractivity contribution in [3.05, 3.63) is 34.9 Å². The van der Waals surface area contributed by atoms with Crippen LogP contribution in [0.1, 0.15) is 16.7 Å². The Labute approximate surface area is 78.4 Å². The lowest BCUT2D eigenvalue weighted by molar-refractivity contribution is 0.569. The number of benzene rings is 1. The summed E-state index contributed by atoms with van der Waals surface area (Å²) in [5, 5.41) is 0. The summed E-state index contributed by atoms with van der Waals surface area (Å²) in [6, 6.07) is 6.56. The van der Waals surface area contributed by atoms with Crippen LogP contribution in [-0.2, 0) is 4.79 Å². The fourth-order valence-corrected chi connectivity index (χ4v) is 1.20. The van der Waals surface area contributed by atoms with Crippen LogP contribution in [0.4, 0.5) is 0 Å². The molecule has 0 saturated heterocycles. The summed E-state index contributed by atoms with van der Waals surface area (Å²) in [6.07, 6.45) is 0. The van der Waals surface area contributed by atoms with Gasteiger partial charge >= 0.3 is 0 Å². The van der Waals surface area contributed by atoms with E-state index < -0.39 is 0 Å². The van der Waals surface area contributed by atoms with Gasteiger partial charge in [-0.1, -0.05) is 34.9 Å². The molecule has 0 aliphatic heterocycles. The number of aryl methyl sites for hydroxylation is 3. The molecule has 1 rings (SSSR count). The first-order chi connectivity index (χ1) is 5.60. The highest BCUT2D eigenvalue weighted by Gasteiger charge is 1.87. The van der Waals surface area contributed by atoms with Crippen LogP contribution in [0.3, 0.4) is 0 Å². The topological polar surface area (TPSA) is 17.1 Å². The predicted molar refractivity (Wildman–Crippen MR) is 53.3 cm³/mol. The second kappa shape index (κ2) is 5.78. The van der Waals surface area contributed by atoms with Crippen molar-refractivity contribution in [2.45, 2.75) is 20.8 Å². The lowest BCUT2D eigenvalue weighted by Gasteiger charge is -1.96. The van der Waals surface area contributed by atoms with Crippen molar-refractivity contribution < 1.29 is 4.79 Å². The van der Waals surface area contributed by atoms with Crippen LogP contribution >= 0.6 is 11.6 Å². The van der Waals surface area contributed by atoms with Gasteiger partial charge in [0.2, 0.25) is 5.75 Å². The molecule has 0 bridgehead atoms. The molecule has 1 aromatic carbocycles. The van der Waals surface area contributed by atoms with E-state index in [1.165, 1.54) is 16.7 Å². The molecule has 0 spiro atoms. The molecule has 66 valence electrons. The van der Waals surface area contributed by atoms with E-state index in [0.29, 0.717) is 0 Å². The van der Waals surface area contributed by atoms with Crippen LogP contribution in [0.15, 0.2) is 18.2 Å². The van der Waals surface area contributed by atoms with Gasteiger partial charge in [0, 0.05) is 0 Å². The number of hydrogen-bond acceptors (Lipinski definition) is 1. The fourth-order valence-electron chi connectivity index (χ4n) is 1.20. The largest absolute Gasteiger partial charge is 0.285 e. The van der Waals surface area contributed by atoms with Crippen molar-refractivity contribution >= 4 is 17.3 Å². The quantitative estimate of drug-likeness (QED) is 0.448. The van der Waals surface area contributed by atoms with Gasteiger partial charge < -0.3 is 0 Å². The zero-order chi connectivity index (χ0) is 9.56. The van der Waals surface area contributed by atoms with E-state index in [-0.39, 0.29) is 5.75 Å². The Balaban J connectivity index is 0.000000354. The maximum absolute atomic E-state index is 8.57. The van der Waals surface area contributed by atoms with Gasteiger partial charge in [-0.15, -0.1) is 0 Å². The monoisotopic (exact) mass is 184 g/mol. The summed E-state index contributed by atoms with van der Waals surface area (Å²) in [6.45, 7) is 6.38. The molecule has 0 saturated carbocycles. The Morgan fingerprint density at radius 1 is 1.00 bits per heavy atom. The van der Waals surface area contributed by atoms with E-state index in [2.05, 4.69) is 50.6 Å². The molecular weight excluding hydrogens is 172 g/mol. The van der Waals surface area contributed by atoms with E-state index in [9.17, 15) is 0 Å². The Bertz CT molecular complexity index is 206. The van der Waals surface area contributed by atoms with Crippen molar-refractivity contribution in [1.82, 2.24) is 0 Å². The van der Waals surface area contributed by atoms with Gasteiger partial charge in [-0.05, 0) is 32.4 Å². The molecule has 0 aromatic heterocycles. The Kier molecular flexibility index (Phi) is 5.39. The molecule has 0 aliphatic rings. The zero-order valence-corrected chi connectivity index (χ0v) is 8.35. The van der Waals surface area contributed by atoms with Crippen LogP contribution in [-0.4, -0.2) is 5.75 Å². The van der Waals surface area contributed by atoms with E-state index in [1.54, 1.807) is 0 Å². The highest BCUT2D eigenvalue weighted by Crippen LogP contribution is 2.06. The molecule has 0 heterocycles. The molecule has 0 unspecified atom stereocenters. The molecule has 1 aromatic rings.